The van der Waals surface area contributed by atoms with Gasteiger partial charge in [-0.15, -0.1) is 0 Å². The number of para-hydroxylation sites is 1. The molecule has 0 bridgehead atoms. The van der Waals surface area contributed by atoms with Crippen molar-refractivity contribution in [2.45, 2.75) is 6.61 Å². The lowest BCUT2D eigenvalue weighted by molar-refractivity contribution is -0.113. The highest BCUT2D eigenvalue weighted by molar-refractivity contribution is 9.10. The fraction of sp³-hybridized carbons (Fsp3) is 0.0435. The Kier molecular flexibility index (Phi) is 6.72. The second kappa shape index (κ2) is 9.49. The van der Waals surface area contributed by atoms with Gasteiger partial charge in [-0.25, -0.2) is 4.90 Å². The molecule has 0 aliphatic carbocycles. The first kappa shape index (κ1) is 22.0. The molecule has 4 nitrogen and oxygen atoms in total. The van der Waals surface area contributed by atoms with Crippen LogP contribution in [0.2, 0.25) is 10.0 Å². The molecule has 1 fully saturated rings. The molecule has 4 rings (SSSR count). The van der Waals surface area contributed by atoms with Gasteiger partial charge in [-0.1, -0.05) is 59.6 Å². The van der Waals surface area contributed by atoms with Crippen molar-refractivity contribution < 1.29 is 14.3 Å². The summed E-state index contributed by atoms with van der Waals surface area (Å²) >= 11 is 17.0. The van der Waals surface area contributed by atoms with Gasteiger partial charge in [0.1, 0.15) is 6.61 Å². The SMILES string of the molecule is O=C1S/C(=C\c2cc(Cl)c(OCc3ccccc3Cl)c(Br)c2)C(=O)N1c1ccccc1. The Bertz CT molecular complexity index is 1180. The highest BCUT2D eigenvalue weighted by Gasteiger charge is 2.36. The first-order chi connectivity index (χ1) is 14.9. The summed E-state index contributed by atoms with van der Waals surface area (Å²) in [6, 6.07) is 19.7. The molecule has 0 spiro atoms. The molecule has 1 aliphatic heterocycles. The van der Waals surface area contributed by atoms with Crippen LogP contribution in [0, 0.1) is 0 Å². The molecule has 0 aromatic heterocycles. The lowest BCUT2D eigenvalue weighted by Gasteiger charge is -2.12. The van der Waals surface area contributed by atoms with Crippen molar-refractivity contribution in [3.8, 4) is 5.75 Å². The monoisotopic (exact) mass is 533 g/mol. The van der Waals surface area contributed by atoms with E-state index >= 15 is 0 Å². The third-order valence-corrected chi connectivity index (χ3v) is 6.56. The summed E-state index contributed by atoms with van der Waals surface area (Å²) in [4.78, 5) is 26.6. The quantitative estimate of drug-likeness (QED) is 0.316. The molecule has 0 radical (unpaired) electrons. The van der Waals surface area contributed by atoms with E-state index < -0.39 is 0 Å². The first-order valence-electron chi connectivity index (χ1n) is 9.12. The Morgan fingerprint density at radius 2 is 1.68 bits per heavy atom. The van der Waals surface area contributed by atoms with Gasteiger partial charge in [-0.05, 0) is 69.7 Å². The molecule has 0 atom stereocenters. The Balaban J connectivity index is 1.56. The van der Waals surface area contributed by atoms with Gasteiger partial charge in [0.2, 0.25) is 0 Å². The van der Waals surface area contributed by atoms with E-state index in [0.717, 1.165) is 22.2 Å². The summed E-state index contributed by atoms with van der Waals surface area (Å²) < 4.78 is 6.48. The number of hydrogen-bond acceptors (Lipinski definition) is 4. The highest BCUT2D eigenvalue weighted by Crippen LogP contribution is 2.39. The first-order valence-corrected chi connectivity index (χ1v) is 11.5. The smallest absolute Gasteiger partial charge is 0.298 e. The van der Waals surface area contributed by atoms with Crippen LogP contribution in [-0.4, -0.2) is 11.1 Å². The van der Waals surface area contributed by atoms with Crippen LogP contribution in [0.15, 0.2) is 76.1 Å². The van der Waals surface area contributed by atoms with Gasteiger partial charge in [0.25, 0.3) is 11.1 Å². The van der Waals surface area contributed by atoms with Gasteiger partial charge in [0, 0.05) is 10.6 Å². The lowest BCUT2D eigenvalue weighted by Crippen LogP contribution is -2.27. The average Bonchev–Trinajstić information content (AvgIpc) is 3.02. The van der Waals surface area contributed by atoms with Crippen molar-refractivity contribution >= 4 is 73.8 Å². The van der Waals surface area contributed by atoms with E-state index in [0.29, 0.717) is 36.4 Å². The lowest BCUT2D eigenvalue weighted by atomic mass is 10.2. The molecule has 1 saturated heterocycles. The molecular weight excluding hydrogens is 521 g/mol. The van der Waals surface area contributed by atoms with Gasteiger partial charge in [0.05, 0.1) is 20.1 Å². The maximum atomic E-state index is 12.8. The molecule has 1 heterocycles. The molecule has 156 valence electrons. The number of thioether (sulfide) groups is 1. The fourth-order valence-electron chi connectivity index (χ4n) is 2.98. The van der Waals surface area contributed by atoms with Crippen molar-refractivity contribution in [1.82, 2.24) is 0 Å². The topological polar surface area (TPSA) is 46.6 Å². The van der Waals surface area contributed by atoms with E-state index in [1.165, 1.54) is 0 Å². The predicted octanol–water partition coefficient (Wildman–Crippen LogP) is 7.58. The van der Waals surface area contributed by atoms with Crippen molar-refractivity contribution in [3.05, 3.63) is 97.3 Å². The van der Waals surface area contributed by atoms with E-state index in [1.807, 2.05) is 24.3 Å². The molecule has 1 aliphatic rings. The summed E-state index contributed by atoms with van der Waals surface area (Å²) in [5, 5.41) is 0.641. The van der Waals surface area contributed by atoms with E-state index in [9.17, 15) is 9.59 Å². The third-order valence-electron chi connectivity index (χ3n) is 4.46. The second-order valence-electron chi connectivity index (χ2n) is 6.55. The molecule has 2 amide bonds. The standard InChI is InChI=1S/C23H14BrCl2NO3S/c24-17-10-14(11-19(26)21(17)30-13-15-6-4-5-9-18(15)25)12-20-22(28)27(23(29)31-20)16-7-2-1-3-8-16/h1-12H,13H2/b20-12-. The van der Waals surface area contributed by atoms with Crippen LogP contribution >= 0.6 is 50.9 Å². The molecule has 0 N–H and O–H groups in total. The number of nitrogens with zero attached hydrogens (tertiary/aromatic N) is 1. The number of hydrogen-bond donors (Lipinski definition) is 0. The number of imide groups is 1. The Labute approximate surface area is 201 Å². The van der Waals surface area contributed by atoms with E-state index in [-0.39, 0.29) is 17.8 Å². The number of amides is 2. The largest absolute Gasteiger partial charge is 0.486 e. The predicted molar refractivity (Wildman–Crippen MR) is 130 cm³/mol. The molecule has 3 aromatic carbocycles. The fourth-order valence-corrected chi connectivity index (χ4v) is 5.01. The number of carbonyl (C=O) groups is 2. The molecule has 8 heteroatoms. The maximum absolute atomic E-state index is 12.8. The molecule has 3 aromatic rings. The molecule has 0 saturated carbocycles. The normalized spacial score (nSPS) is 15.1. The molecule has 31 heavy (non-hydrogen) atoms. The maximum Gasteiger partial charge on any atom is 0.298 e. The Hall–Kier alpha value is -2.25. The zero-order chi connectivity index (χ0) is 22.0. The number of ether oxygens (including phenoxy) is 1. The highest BCUT2D eigenvalue weighted by atomic mass is 79.9. The molecule has 0 unspecified atom stereocenters. The van der Waals surface area contributed by atoms with Gasteiger partial charge >= 0.3 is 0 Å². The van der Waals surface area contributed by atoms with Crippen LogP contribution in [0.3, 0.4) is 0 Å². The van der Waals surface area contributed by atoms with Gasteiger partial charge in [0.15, 0.2) is 5.75 Å². The summed E-state index contributed by atoms with van der Waals surface area (Å²) in [5.41, 5.74) is 2.04. The van der Waals surface area contributed by atoms with Crippen molar-refractivity contribution in [2.24, 2.45) is 0 Å². The number of halogens is 3. The van der Waals surface area contributed by atoms with Crippen LogP contribution in [0.5, 0.6) is 5.75 Å². The van der Waals surface area contributed by atoms with Crippen molar-refractivity contribution in [3.63, 3.8) is 0 Å². The summed E-state index contributed by atoms with van der Waals surface area (Å²) in [7, 11) is 0. The Morgan fingerprint density at radius 3 is 2.39 bits per heavy atom. The van der Waals surface area contributed by atoms with E-state index in [4.69, 9.17) is 27.9 Å². The van der Waals surface area contributed by atoms with Gasteiger partial charge < -0.3 is 4.74 Å². The zero-order valence-electron chi connectivity index (χ0n) is 15.8. The number of anilines is 1. The summed E-state index contributed by atoms with van der Waals surface area (Å²) in [6.45, 7) is 0.257. The number of benzene rings is 3. The number of rotatable bonds is 5. The van der Waals surface area contributed by atoms with Gasteiger partial charge in [-0.2, -0.15) is 0 Å². The van der Waals surface area contributed by atoms with Crippen LogP contribution in [-0.2, 0) is 11.4 Å². The minimum absolute atomic E-state index is 0.257. The summed E-state index contributed by atoms with van der Waals surface area (Å²) in [5.74, 6) is 0.101. The zero-order valence-corrected chi connectivity index (χ0v) is 19.8. The van der Waals surface area contributed by atoms with Crippen LogP contribution < -0.4 is 9.64 Å². The minimum Gasteiger partial charge on any atom is -0.486 e. The minimum atomic E-state index is -0.368. The Morgan fingerprint density at radius 1 is 0.968 bits per heavy atom. The van der Waals surface area contributed by atoms with Crippen LogP contribution in [0.25, 0.3) is 6.08 Å². The van der Waals surface area contributed by atoms with Crippen molar-refractivity contribution in [2.75, 3.05) is 4.90 Å². The third kappa shape index (κ3) is 4.83. The second-order valence-corrected chi connectivity index (χ2v) is 9.21. The van der Waals surface area contributed by atoms with Crippen LogP contribution in [0.4, 0.5) is 10.5 Å². The summed E-state index contributed by atoms with van der Waals surface area (Å²) in [6.07, 6.45) is 1.64. The van der Waals surface area contributed by atoms with Crippen molar-refractivity contribution in [1.29, 1.82) is 0 Å². The van der Waals surface area contributed by atoms with E-state index in [2.05, 4.69) is 15.9 Å². The molecular formula is C23H14BrCl2NO3S. The van der Waals surface area contributed by atoms with E-state index in [1.54, 1.807) is 48.5 Å². The van der Waals surface area contributed by atoms with Gasteiger partial charge in [-0.3, -0.25) is 9.59 Å². The van der Waals surface area contributed by atoms with Crippen LogP contribution in [0.1, 0.15) is 11.1 Å². The number of carbonyl (C=O) groups excluding carboxylic acids is 2. The average molecular weight is 535 g/mol.